The first-order chi connectivity index (χ1) is 11.5. The fraction of sp³-hybridized carbons (Fsp3) is 0.450. The molecule has 2 radical (unpaired) electrons. The number of hydrogen-bond donors (Lipinski definition) is 1. The van der Waals surface area contributed by atoms with Crippen LogP contribution in [-0.4, -0.2) is 19.7 Å². The van der Waals surface area contributed by atoms with E-state index in [1.54, 1.807) is 0 Å². The topological polar surface area (TPSA) is 24.9 Å². The van der Waals surface area contributed by atoms with E-state index in [0.29, 0.717) is 20.6 Å². The van der Waals surface area contributed by atoms with Crippen LogP contribution in [0.5, 0.6) is 0 Å². The fourth-order valence-corrected chi connectivity index (χ4v) is 6.49. The van der Waals surface area contributed by atoms with Crippen molar-refractivity contribution in [2.24, 2.45) is 11.8 Å². The summed E-state index contributed by atoms with van der Waals surface area (Å²) >= 11 is 0. The molecule has 0 fully saturated rings. The Labute approximate surface area is 151 Å². The van der Waals surface area contributed by atoms with Crippen LogP contribution in [0, 0.1) is 11.8 Å². The van der Waals surface area contributed by atoms with Crippen molar-refractivity contribution in [3.8, 4) is 0 Å². The Morgan fingerprint density at radius 1 is 1.00 bits per heavy atom. The van der Waals surface area contributed by atoms with Gasteiger partial charge in [-0.2, -0.15) is 0 Å². The summed E-state index contributed by atoms with van der Waals surface area (Å²) in [5.74, 6) is 1.21. The first-order valence-corrected chi connectivity index (χ1v) is 11.0. The van der Waals surface area contributed by atoms with Crippen LogP contribution < -0.4 is 10.4 Å². The van der Waals surface area contributed by atoms with E-state index in [1.165, 1.54) is 17.0 Å². The van der Waals surface area contributed by atoms with Gasteiger partial charge in [0, 0.05) is 17.1 Å². The number of nitrogens with zero attached hydrogens (tertiary/aromatic N) is 1. The number of rotatable bonds is 9. The molecule has 4 heteroatoms. The van der Waals surface area contributed by atoms with E-state index in [-0.39, 0.29) is 5.16 Å². The van der Waals surface area contributed by atoms with Crippen LogP contribution in [0.25, 0.3) is 0 Å². The molecule has 0 saturated carbocycles. The number of nitrogens with one attached hydrogen (secondary N) is 1. The Kier molecular flexibility index (Phi) is 7.61. The molecule has 2 nitrogen and oxygen atoms in total. The van der Waals surface area contributed by atoms with Crippen LogP contribution in [-0.2, 0) is 6.42 Å². The van der Waals surface area contributed by atoms with Crippen molar-refractivity contribution in [1.29, 1.82) is 0 Å². The average molecular weight is 357 g/mol. The highest BCUT2D eigenvalue weighted by Gasteiger charge is 2.36. The van der Waals surface area contributed by atoms with E-state index in [1.807, 2.05) is 12.3 Å². The second kappa shape index (κ2) is 9.46. The third kappa shape index (κ3) is 5.24. The SMILES string of the molecule is CC(C)C(NPc1ccccc1)([Si]CCc1ccccn1)C(C)C. The van der Waals surface area contributed by atoms with Crippen molar-refractivity contribution in [1.82, 2.24) is 10.1 Å². The van der Waals surface area contributed by atoms with Crippen LogP contribution in [0.1, 0.15) is 33.4 Å². The van der Waals surface area contributed by atoms with Crippen molar-refractivity contribution in [2.45, 2.75) is 45.3 Å². The summed E-state index contributed by atoms with van der Waals surface area (Å²) in [4.78, 5) is 4.47. The van der Waals surface area contributed by atoms with Gasteiger partial charge in [0.05, 0.1) is 9.52 Å². The molecule has 24 heavy (non-hydrogen) atoms. The van der Waals surface area contributed by atoms with Gasteiger partial charge in [-0.1, -0.05) is 70.1 Å². The summed E-state index contributed by atoms with van der Waals surface area (Å²) in [6.07, 6.45) is 2.96. The van der Waals surface area contributed by atoms with Crippen LogP contribution >= 0.6 is 8.73 Å². The van der Waals surface area contributed by atoms with Crippen molar-refractivity contribution in [2.75, 3.05) is 0 Å². The van der Waals surface area contributed by atoms with Gasteiger partial charge in [-0.05, 0) is 44.4 Å². The molecule has 0 saturated heterocycles. The maximum Gasteiger partial charge on any atom is 0.0668 e. The molecule has 2 rings (SSSR count). The molecular weight excluding hydrogens is 327 g/mol. The molecule has 1 N–H and O–H groups in total. The van der Waals surface area contributed by atoms with E-state index >= 15 is 0 Å². The van der Waals surface area contributed by atoms with Crippen molar-refractivity contribution >= 4 is 23.6 Å². The molecule has 0 amide bonds. The molecule has 1 aromatic heterocycles. The zero-order valence-electron chi connectivity index (χ0n) is 15.2. The predicted molar refractivity (Wildman–Crippen MR) is 108 cm³/mol. The van der Waals surface area contributed by atoms with Gasteiger partial charge in [0.2, 0.25) is 0 Å². The average Bonchev–Trinajstić information content (AvgIpc) is 2.59. The van der Waals surface area contributed by atoms with Crippen LogP contribution in [0.4, 0.5) is 0 Å². The zero-order chi connectivity index (χ0) is 17.4. The quantitative estimate of drug-likeness (QED) is 0.536. The minimum atomic E-state index is 0.197. The van der Waals surface area contributed by atoms with Gasteiger partial charge < -0.3 is 0 Å². The fourth-order valence-electron chi connectivity index (χ4n) is 3.05. The third-order valence-corrected chi connectivity index (χ3v) is 8.31. The lowest BCUT2D eigenvalue weighted by Crippen LogP contribution is -2.56. The largest absolute Gasteiger partial charge is 0.291 e. The smallest absolute Gasteiger partial charge is 0.0668 e. The highest BCUT2D eigenvalue weighted by molar-refractivity contribution is 7.45. The standard InChI is InChI=1S/C20H29N2PSi/c1-16(2)20(17(3)4,22-23-19-11-6-5-7-12-19)24-15-13-18-10-8-9-14-21-18/h5-12,14,16-17,22-23H,13,15H2,1-4H3. The number of hydrogen-bond acceptors (Lipinski definition) is 2. The minimum absolute atomic E-state index is 0.197. The molecule has 1 aromatic carbocycles. The highest BCUT2D eigenvalue weighted by Crippen LogP contribution is 2.30. The highest BCUT2D eigenvalue weighted by atomic mass is 31.1. The van der Waals surface area contributed by atoms with Gasteiger partial charge >= 0.3 is 0 Å². The molecular formula is C20H29N2PSi. The number of aromatic nitrogens is 1. The number of pyridine rings is 1. The van der Waals surface area contributed by atoms with Gasteiger partial charge in [0.1, 0.15) is 0 Å². The molecule has 0 bridgehead atoms. The summed E-state index contributed by atoms with van der Waals surface area (Å²) in [7, 11) is 1.55. The van der Waals surface area contributed by atoms with Crippen LogP contribution in [0.3, 0.4) is 0 Å². The first-order valence-electron chi connectivity index (χ1n) is 8.78. The first kappa shape index (κ1) is 19.3. The normalized spacial score (nSPS) is 12.6. The van der Waals surface area contributed by atoms with E-state index in [0.717, 1.165) is 15.9 Å². The summed E-state index contributed by atoms with van der Waals surface area (Å²) < 4.78 is 0. The van der Waals surface area contributed by atoms with Gasteiger partial charge in [0.15, 0.2) is 0 Å². The molecule has 1 unspecified atom stereocenters. The molecule has 0 aliphatic carbocycles. The Bertz CT molecular complexity index is 579. The van der Waals surface area contributed by atoms with Gasteiger partial charge in [-0.15, -0.1) is 0 Å². The molecule has 128 valence electrons. The van der Waals surface area contributed by atoms with Crippen molar-refractivity contribution in [3.05, 3.63) is 60.4 Å². The lowest BCUT2D eigenvalue weighted by Gasteiger charge is -2.42. The minimum Gasteiger partial charge on any atom is -0.291 e. The number of benzene rings is 1. The summed E-state index contributed by atoms with van der Waals surface area (Å²) in [6.45, 7) is 9.43. The Morgan fingerprint density at radius 3 is 2.25 bits per heavy atom. The molecule has 2 aromatic rings. The van der Waals surface area contributed by atoms with E-state index in [9.17, 15) is 0 Å². The third-order valence-electron chi connectivity index (χ3n) is 4.53. The zero-order valence-corrected chi connectivity index (χ0v) is 17.2. The monoisotopic (exact) mass is 356 g/mol. The second-order valence-electron chi connectivity index (χ2n) is 6.79. The Morgan fingerprint density at radius 2 is 1.67 bits per heavy atom. The maximum atomic E-state index is 4.47. The Hall–Kier alpha value is -1.02. The molecule has 0 spiro atoms. The van der Waals surface area contributed by atoms with E-state index in [4.69, 9.17) is 0 Å². The van der Waals surface area contributed by atoms with Crippen molar-refractivity contribution in [3.63, 3.8) is 0 Å². The van der Waals surface area contributed by atoms with Gasteiger partial charge in [0.25, 0.3) is 0 Å². The lowest BCUT2D eigenvalue weighted by molar-refractivity contribution is 0.305. The number of aryl methyl sites for hydroxylation is 1. The van der Waals surface area contributed by atoms with Crippen LogP contribution in [0.15, 0.2) is 54.7 Å². The molecule has 1 heterocycles. The molecule has 1 atom stereocenters. The predicted octanol–water partition coefficient (Wildman–Crippen LogP) is 4.26. The van der Waals surface area contributed by atoms with Gasteiger partial charge in [-0.3, -0.25) is 10.1 Å². The van der Waals surface area contributed by atoms with Crippen LogP contribution in [0.2, 0.25) is 6.04 Å². The second-order valence-corrected chi connectivity index (χ2v) is 9.55. The van der Waals surface area contributed by atoms with E-state index in [2.05, 4.69) is 80.2 Å². The van der Waals surface area contributed by atoms with Gasteiger partial charge in [-0.25, -0.2) is 0 Å². The summed E-state index contributed by atoms with van der Waals surface area (Å²) in [6, 6.07) is 18.2. The summed E-state index contributed by atoms with van der Waals surface area (Å²) in [5.41, 5.74) is 1.21. The van der Waals surface area contributed by atoms with E-state index < -0.39 is 0 Å². The van der Waals surface area contributed by atoms with Crippen molar-refractivity contribution < 1.29 is 0 Å². The lowest BCUT2D eigenvalue weighted by atomic mass is 9.93. The summed E-state index contributed by atoms with van der Waals surface area (Å²) in [5, 5.41) is 5.54. The maximum absolute atomic E-state index is 4.47. The molecule has 0 aliphatic heterocycles. The Balaban J connectivity index is 2.02. The molecule has 0 aliphatic rings.